The van der Waals surface area contributed by atoms with E-state index in [4.69, 9.17) is 12.2 Å². The normalized spacial score (nSPS) is 18.7. The number of thiocarbonyl (C=S) groups is 1. The van der Waals surface area contributed by atoms with Crippen LogP contribution in [0.3, 0.4) is 0 Å². The lowest BCUT2D eigenvalue weighted by Gasteiger charge is -2.28. The predicted molar refractivity (Wildman–Crippen MR) is 125 cm³/mol. The maximum absolute atomic E-state index is 5.77. The van der Waals surface area contributed by atoms with Crippen molar-refractivity contribution in [1.29, 1.82) is 0 Å². The van der Waals surface area contributed by atoms with Crippen LogP contribution in [0.5, 0.6) is 0 Å². The predicted octanol–water partition coefficient (Wildman–Crippen LogP) is 4.97. The SMILES string of the molecule is CCCCN1C(=S)N[C@@H](c2ccccn2)[C@H]1c1cc(C)n(-c2ccc(C)cn2)c1C. The molecule has 0 radical (unpaired) electrons. The van der Waals surface area contributed by atoms with Crippen LogP contribution < -0.4 is 5.32 Å². The molecule has 4 heterocycles. The summed E-state index contributed by atoms with van der Waals surface area (Å²) in [6.45, 7) is 9.53. The summed E-state index contributed by atoms with van der Waals surface area (Å²) < 4.78 is 2.24. The van der Waals surface area contributed by atoms with E-state index in [0.717, 1.165) is 41.6 Å². The summed E-state index contributed by atoms with van der Waals surface area (Å²) in [6.07, 6.45) is 6.01. The topological polar surface area (TPSA) is 46.0 Å². The van der Waals surface area contributed by atoms with Crippen LogP contribution >= 0.6 is 12.2 Å². The Morgan fingerprint density at radius 3 is 2.60 bits per heavy atom. The molecule has 0 saturated carbocycles. The highest BCUT2D eigenvalue weighted by atomic mass is 32.1. The van der Waals surface area contributed by atoms with Crippen LogP contribution in [0.4, 0.5) is 0 Å². The lowest BCUT2D eigenvalue weighted by molar-refractivity contribution is 0.312. The van der Waals surface area contributed by atoms with Gasteiger partial charge in [0, 0.05) is 30.3 Å². The Balaban J connectivity index is 1.81. The summed E-state index contributed by atoms with van der Waals surface area (Å²) in [5.74, 6) is 0.949. The Morgan fingerprint density at radius 1 is 1.10 bits per heavy atom. The number of hydrogen-bond acceptors (Lipinski definition) is 3. The number of unbranched alkanes of at least 4 members (excludes halogenated alkanes) is 1. The van der Waals surface area contributed by atoms with Crippen molar-refractivity contribution in [3.8, 4) is 5.82 Å². The zero-order valence-electron chi connectivity index (χ0n) is 18.1. The molecule has 5 nitrogen and oxygen atoms in total. The van der Waals surface area contributed by atoms with Crippen molar-refractivity contribution in [1.82, 2.24) is 24.8 Å². The third kappa shape index (κ3) is 3.72. The molecule has 0 amide bonds. The largest absolute Gasteiger partial charge is 0.352 e. The molecule has 0 unspecified atom stereocenters. The molecule has 1 N–H and O–H groups in total. The number of nitrogens with zero attached hydrogens (tertiary/aromatic N) is 4. The molecule has 1 fully saturated rings. The number of hydrogen-bond donors (Lipinski definition) is 1. The smallest absolute Gasteiger partial charge is 0.170 e. The first-order valence-corrected chi connectivity index (χ1v) is 11.0. The van der Waals surface area contributed by atoms with E-state index >= 15 is 0 Å². The number of aromatic nitrogens is 3. The Kier molecular flexibility index (Phi) is 5.86. The summed E-state index contributed by atoms with van der Waals surface area (Å²) in [7, 11) is 0. The Morgan fingerprint density at radius 2 is 1.93 bits per heavy atom. The molecule has 1 saturated heterocycles. The molecule has 0 aromatic carbocycles. The zero-order chi connectivity index (χ0) is 21.3. The molecular formula is C24H29N5S. The van der Waals surface area contributed by atoms with Gasteiger partial charge in [0.15, 0.2) is 5.11 Å². The van der Waals surface area contributed by atoms with Crippen LogP contribution in [0.2, 0.25) is 0 Å². The highest BCUT2D eigenvalue weighted by Gasteiger charge is 2.41. The minimum absolute atomic E-state index is 0.0236. The molecule has 30 heavy (non-hydrogen) atoms. The van der Waals surface area contributed by atoms with Crippen molar-refractivity contribution < 1.29 is 0 Å². The van der Waals surface area contributed by atoms with Crippen molar-refractivity contribution in [3.05, 3.63) is 77.0 Å². The van der Waals surface area contributed by atoms with Crippen LogP contribution in [0.15, 0.2) is 48.8 Å². The van der Waals surface area contributed by atoms with Gasteiger partial charge in [0.25, 0.3) is 0 Å². The van der Waals surface area contributed by atoms with Gasteiger partial charge in [0.2, 0.25) is 0 Å². The summed E-state index contributed by atoms with van der Waals surface area (Å²) >= 11 is 5.77. The summed E-state index contributed by atoms with van der Waals surface area (Å²) in [5, 5.41) is 4.36. The van der Waals surface area contributed by atoms with Crippen molar-refractivity contribution in [2.45, 2.75) is 52.6 Å². The number of rotatable bonds is 6. The zero-order valence-corrected chi connectivity index (χ0v) is 18.9. The van der Waals surface area contributed by atoms with Gasteiger partial charge in [-0.3, -0.25) is 4.98 Å². The van der Waals surface area contributed by atoms with Gasteiger partial charge < -0.3 is 14.8 Å². The van der Waals surface area contributed by atoms with Crippen LogP contribution in [-0.2, 0) is 0 Å². The number of aryl methyl sites for hydroxylation is 2. The molecule has 2 atom stereocenters. The van der Waals surface area contributed by atoms with E-state index in [0.29, 0.717) is 0 Å². The Bertz CT molecular complexity index is 1030. The highest BCUT2D eigenvalue weighted by molar-refractivity contribution is 7.80. The number of nitrogens with one attached hydrogen (secondary N) is 1. The van der Waals surface area contributed by atoms with Crippen molar-refractivity contribution >= 4 is 17.3 Å². The van der Waals surface area contributed by atoms with Crippen LogP contribution in [-0.4, -0.2) is 31.1 Å². The molecule has 1 aliphatic rings. The molecular weight excluding hydrogens is 390 g/mol. The third-order valence-electron chi connectivity index (χ3n) is 5.86. The highest BCUT2D eigenvalue weighted by Crippen LogP contribution is 2.41. The van der Waals surface area contributed by atoms with Gasteiger partial charge in [0.05, 0.1) is 17.8 Å². The standard InChI is InChI=1S/C24H29N5S/c1-5-6-13-28-23(22(27-24(28)30)20-9-7-8-12-25-20)19-14-17(3)29(18(19)4)21-11-10-16(2)15-26-21/h7-12,14-15,22-23H,5-6,13H2,1-4H3,(H,27,30)/t22-,23+/m0/s1. The third-order valence-corrected chi connectivity index (χ3v) is 6.22. The van der Waals surface area contributed by atoms with E-state index in [1.54, 1.807) is 0 Å². The fourth-order valence-corrected chi connectivity index (χ4v) is 4.68. The van der Waals surface area contributed by atoms with E-state index in [9.17, 15) is 0 Å². The summed E-state index contributed by atoms with van der Waals surface area (Å²) in [5.41, 5.74) is 5.82. The quantitative estimate of drug-likeness (QED) is 0.572. The first kappa shape index (κ1) is 20.5. The van der Waals surface area contributed by atoms with E-state index < -0.39 is 0 Å². The second kappa shape index (κ2) is 8.56. The fourth-order valence-electron chi connectivity index (χ4n) is 4.35. The van der Waals surface area contributed by atoms with Crippen LogP contribution in [0.25, 0.3) is 5.82 Å². The van der Waals surface area contributed by atoms with E-state index in [1.807, 2.05) is 24.5 Å². The van der Waals surface area contributed by atoms with Gasteiger partial charge >= 0.3 is 0 Å². The lowest BCUT2D eigenvalue weighted by atomic mass is 9.96. The summed E-state index contributed by atoms with van der Waals surface area (Å²) in [6, 6.07) is 12.7. The Labute approximate surface area is 184 Å². The van der Waals surface area contributed by atoms with Crippen molar-refractivity contribution in [3.63, 3.8) is 0 Å². The molecule has 156 valence electrons. The van der Waals surface area contributed by atoms with Gasteiger partial charge in [-0.05, 0) is 74.8 Å². The molecule has 6 heteroatoms. The Hall–Kier alpha value is -2.73. The number of pyridine rings is 2. The minimum Gasteiger partial charge on any atom is -0.352 e. The van der Waals surface area contributed by atoms with E-state index in [1.165, 1.54) is 17.0 Å². The van der Waals surface area contributed by atoms with Crippen LogP contribution in [0.1, 0.15) is 60.1 Å². The fraction of sp³-hybridized carbons (Fsp3) is 0.375. The maximum atomic E-state index is 5.77. The molecule has 0 aliphatic carbocycles. The second-order valence-corrected chi connectivity index (χ2v) is 8.42. The van der Waals surface area contributed by atoms with Gasteiger partial charge in [-0.25, -0.2) is 4.98 Å². The monoisotopic (exact) mass is 419 g/mol. The average Bonchev–Trinajstić information content (AvgIpc) is 3.23. The van der Waals surface area contributed by atoms with Crippen LogP contribution in [0, 0.1) is 20.8 Å². The maximum Gasteiger partial charge on any atom is 0.170 e. The average molecular weight is 420 g/mol. The first-order valence-electron chi connectivity index (χ1n) is 10.6. The van der Waals surface area contributed by atoms with E-state index in [2.05, 4.69) is 76.7 Å². The molecule has 4 rings (SSSR count). The van der Waals surface area contributed by atoms with Crippen molar-refractivity contribution in [2.24, 2.45) is 0 Å². The van der Waals surface area contributed by atoms with E-state index in [-0.39, 0.29) is 12.1 Å². The van der Waals surface area contributed by atoms with Gasteiger partial charge in [-0.1, -0.05) is 25.5 Å². The van der Waals surface area contributed by atoms with Gasteiger partial charge in [-0.15, -0.1) is 0 Å². The summed E-state index contributed by atoms with van der Waals surface area (Å²) in [4.78, 5) is 11.7. The van der Waals surface area contributed by atoms with Gasteiger partial charge in [0.1, 0.15) is 5.82 Å². The molecule has 0 bridgehead atoms. The van der Waals surface area contributed by atoms with Gasteiger partial charge in [-0.2, -0.15) is 0 Å². The minimum atomic E-state index is 0.0236. The first-order chi connectivity index (χ1) is 14.5. The molecule has 3 aromatic rings. The van der Waals surface area contributed by atoms with Crippen molar-refractivity contribution in [2.75, 3.05) is 6.54 Å². The second-order valence-electron chi connectivity index (χ2n) is 8.03. The molecule has 0 spiro atoms. The molecule has 3 aromatic heterocycles. The molecule has 1 aliphatic heterocycles. The lowest BCUT2D eigenvalue weighted by Crippen LogP contribution is -2.30.